The van der Waals surface area contributed by atoms with E-state index in [0.717, 1.165) is 12.5 Å². The van der Waals surface area contributed by atoms with Gasteiger partial charge in [-0.05, 0) is 25.8 Å². The van der Waals surface area contributed by atoms with Crippen LogP contribution in [0.25, 0.3) is 0 Å². The first-order valence-electron chi connectivity index (χ1n) is 5.12. The summed E-state index contributed by atoms with van der Waals surface area (Å²) in [6.45, 7) is 8.78. The molecule has 0 saturated carbocycles. The zero-order chi connectivity index (χ0) is 9.68. The van der Waals surface area contributed by atoms with Crippen LogP contribution in [0.5, 0.6) is 0 Å². The smallest absolute Gasteiger partial charge is 0.0574 e. The summed E-state index contributed by atoms with van der Waals surface area (Å²) < 4.78 is 0. The Morgan fingerprint density at radius 3 is 3.00 bits per heavy atom. The van der Waals surface area contributed by atoms with Gasteiger partial charge >= 0.3 is 0 Å². The fourth-order valence-electron chi connectivity index (χ4n) is 1.85. The highest BCUT2D eigenvalue weighted by Gasteiger charge is 2.22. The van der Waals surface area contributed by atoms with Crippen molar-refractivity contribution < 1.29 is 0 Å². The highest BCUT2D eigenvalue weighted by molar-refractivity contribution is 4.87. The van der Waals surface area contributed by atoms with E-state index in [1.807, 2.05) is 0 Å². The number of hydrogen-bond donors (Lipinski definition) is 1. The molecule has 2 unspecified atom stereocenters. The van der Waals surface area contributed by atoms with Crippen molar-refractivity contribution in [1.29, 1.82) is 0 Å². The van der Waals surface area contributed by atoms with Gasteiger partial charge < -0.3 is 5.32 Å². The zero-order valence-corrected chi connectivity index (χ0v) is 8.71. The van der Waals surface area contributed by atoms with Crippen LogP contribution in [0.3, 0.4) is 0 Å². The Bertz CT molecular complexity index is 183. The van der Waals surface area contributed by atoms with Crippen LogP contribution in [0.15, 0.2) is 0 Å². The van der Waals surface area contributed by atoms with Gasteiger partial charge in [0.1, 0.15) is 0 Å². The van der Waals surface area contributed by atoms with E-state index in [1.165, 1.54) is 19.5 Å². The van der Waals surface area contributed by atoms with Gasteiger partial charge in [-0.25, -0.2) is 0 Å². The highest BCUT2D eigenvalue weighted by Crippen LogP contribution is 2.16. The topological polar surface area (TPSA) is 15.3 Å². The molecule has 2 nitrogen and oxygen atoms in total. The summed E-state index contributed by atoms with van der Waals surface area (Å²) in [5.74, 6) is 3.46. The van der Waals surface area contributed by atoms with E-state index in [-0.39, 0.29) is 0 Å². The minimum absolute atomic E-state index is 0.623. The Morgan fingerprint density at radius 2 is 2.46 bits per heavy atom. The van der Waals surface area contributed by atoms with Crippen LogP contribution in [0.1, 0.15) is 20.3 Å². The predicted molar refractivity (Wildman–Crippen MR) is 56.5 cm³/mol. The van der Waals surface area contributed by atoms with Crippen molar-refractivity contribution in [2.24, 2.45) is 5.92 Å². The molecule has 1 aliphatic rings. The molecule has 0 radical (unpaired) electrons. The van der Waals surface area contributed by atoms with Gasteiger partial charge in [-0.2, -0.15) is 0 Å². The van der Waals surface area contributed by atoms with Gasteiger partial charge in [0, 0.05) is 19.1 Å². The number of nitrogens with zero attached hydrogens (tertiary/aromatic N) is 1. The Morgan fingerprint density at radius 1 is 1.69 bits per heavy atom. The second kappa shape index (κ2) is 5.26. The van der Waals surface area contributed by atoms with Gasteiger partial charge in [-0.15, -0.1) is 6.42 Å². The summed E-state index contributed by atoms with van der Waals surface area (Å²) in [6, 6.07) is 0.623. The molecule has 1 heterocycles. The van der Waals surface area contributed by atoms with Crippen LogP contribution < -0.4 is 5.32 Å². The Labute approximate surface area is 81.7 Å². The van der Waals surface area contributed by atoms with Crippen LogP contribution in [0.4, 0.5) is 0 Å². The Hall–Kier alpha value is -0.520. The summed E-state index contributed by atoms with van der Waals surface area (Å²) in [6.07, 6.45) is 6.51. The maximum Gasteiger partial charge on any atom is 0.0574 e. The average molecular weight is 180 g/mol. The van der Waals surface area contributed by atoms with Crippen molar-refractivity contribution in [2.75, 3.05) is 26.2 Å². The Balaban J connectivity index is 2.16. The summed E-state index contributed by atoms with van der Waals surface area (Å²) >= 11 is 0. The Kier molecular flexibility index (Phi) is 4.27. The molecule has 1 aliphatic heterocycles. The molecule has 1 rings (SSSR count). The molecule has 1 saturated heterocycles. The first-order chi connectivity index (χ1) is 6.24. The number of nitrogens with one attached hydrogen (secondary N) is 1. The van der Waals surface area contributed by atoms with Gasteiger partial charge in [0.25, 0.3) is 0 Å². The molecule has 0 aromatic rings. The standard InChI is InChI=1S/C11H20N2/c1-4-6-12-8-11(3)13-7-5-10(2)9-13/h1,10-12H,5-9H2,2-3H3. The third-order valence-corrected chi connectivity index (χ3v) is 2.75. The van der Waals surface area contributed by atoms with E-state index in [0.29, 0.717) is 12.6 Å². The summed E-state index contributed by atoms with van der Waals surface area (Å²) in [4.78, 5) is 2.54. The molecule has 74 valence electrons. The molecule has 1 fully saturated rings. The van der Waals surface area contributed by atoms with Crippen molar-refractivity contribution in [2.45, 2.75) is 26.3 Å². The van der Waals surface area contributed by atoms with E-state index in [4.69, 9.17) is 6.42 Å². The normalized spacial score (nSPS) is 25.8. The van der Waals surface area contributed by atoms with E-state index in [1.54, 1.807) is 0 Å². The maximum absolute atomic E-state index is 5.16. The van der Waals surface area contributed by atoms with Crippen molar-refractivity contribution in [3.05, 3.63) is 0 Å². The zero-order valence-electron chi connectivity index (χ0n) is 8.71. The van der Waals surface area contributed by atoms with E-state index < -0.39 is 0 Å². The first kappa shape index (κ1) is 10.6. The SMILES string of the molecule is C#CCNCC(C)N1CCC(C)C1. The predicted octanol–water partition coefficient (Wildman–Crippen LogP) is 0.940. The largest absolute Gasteiger partial charge is 0.305 e. The molecule has 1 N–H and O–H groups in total. The third-order valence-electron chi connectivity index (χ3n) is 2.75. The molecule has 0 aromatic heterocycles. The molecular formula is C11H20N2. The van der Waals surface area contributed by atoms with Gasteiger partial charge in [-0.1, -0.05) is 12.8 Å². The fraction of sp³-hybridized carbons (Fsp3) is 0.818. The minimum Gasteiger partial charge on any atom is -0.305 e. The summed E-state index contributed by atoms with van der Waals surface area (Å²) in [5, 5.41) is 3.25. The van der Waals surface area contributed by atoms with Crippen molar-refractivity contribution in [3.8, 4) is 12.3 Å². The fourth-order valence-corrected chi connectivity index (χ4v) is 1.85. The van der Waals surface area contributed by atoms with Crippen molar-refractivity contribution in [3.63, 3.8) is 0 Å². The van der Waals surface area contributed by atoms with E-state index in [9.17, 15) is 0 Å². The average Bonchev–Trinajstić information content (AvgIpc) is 2.52. The molecule has 13 heavy (non-hydrogen) atoms. The number of hydrogen-bond acceptors (Lipinski definition) is 2. The van der Waals surface area contributed by atoms with Crippen LogP contribution in [-0.4, -0.2) is 37.1 Å². The van der Waals surface area contributed by atoms with Gasteiger partial charge in [0.15, 0.2) is 0 Å². The molecule has 0 spiro atoms. The molecular weight excluding hydrogens is 160 g/mol. The number of likely N-dealkylation sites (tertiary alicyclic amines) is 1. The summed E-state index contributed by atoms with van der Waals surface area (Å²) in [7, 11) is 0. The van der Waals surface area contributed by atoms with Gasteiger partial charge in [0.05, 0.1) is 6.54 Å². The lowest BCUT2D eigenvalue weighted by atomic mass is 10.2. The summed E-state index contributed by atoms with van der Waals surface area (Å²) in [5.41, 5.74) is 0. The molecule has 0 amide bonds. The molecule has 2 atom stereocenters. The lowest BCUT2D eigenvalue weighted by molar-refractivity contribution is 0.247. The highest BCUT2D eigenvalue weighted by atomic mass is 15.2. The molecule has 0 bridgehead atoms. The first-order valence-corrected chi connectivity index (χ1v) is 5.12. The quantitative estimate of drug-likeness (QED) is 0.511. The second-order valence-electron chi connectivity index (χ2n) is 4.07. The second-order valence-corrected chi connectivity index (χ2v) is 4.07. The van der Waals surface area contributed by atoms with Crippen LogP contribution in [0, 0.1) is 18.3 Å². The van der Waals surface area contributed by atoms with Crippen molar-refractivity contribution >= 4 is 0 Å². The lowest BCUT2D eigenvalue weighted by Gasteiger charge is -2.23. The minimum atomic E-state index is 0.623. The monoisotopic (exact) mass is 180 g/mol. The van der Waals surface area contributed by atoms with E-state index in [2.05, 4.69) is 30.0 Å². The number of rotatable bonds is 4. The third kappa shape index (κ3) is 3.38. The van der Waals surface area contributed by atoms with Crippen LogP contribution in [-0.2, 0) is 0 Å². The van der Waals surface area contributed by atoms with Crippen molar-refractivity contribution in [1.82, 2.24) is 10.2 Å². The lowest BCUT2D eigenvalue weighted by Crippen LogP contribution is -2.39. The van der Waals surface area contributed by atoms with Gasteiger partial charge in [-0.3, -0.25) is 4.90 Å². The van der Waals surface area contributed by atoms with Crippen LogP contribution in [0.2, 0.25) is 0 Å². The molecule has 0 aliphatic carbocycles. The molecule has 0 aromatic carbocycles. The van der Waals surface area contributed by atoms with Gasteiger partial charge in [0.2, 0.25) is 0 Å². The molecule has 2 heteroatoms. The maximum atomic E-state index is 5.16. The van der Waals surface area contributed by atoms with E-state index >= 15 is 0 Å². The van der Waals surface area contributed by atoms with Crippen LogP contribution >= 0.6 is 0 Å². The number of terminal acetylenes is 1.